The van der Waals surface area contributed by atoms with Gasteiger partial charge in [0.25, 0.3) is 0 Å². The number of ether oxygens (including phenoxy) is 2. The van der Waals surface area contributed by atoms with Crippen molar-refractivity contribution < 1.29 is 39.8 Å². The van der Waals surface area contributed by atoms with Gasteiger partial charge in [0, 0.05) is 5.57 Å². The lowest BCUT2D eigenvalue weighted by atomic mass is 9.99. The van der Waals surface area contributed by atoms with Crippen molar-refractivity contribution in [3.8, 4) is 0 Å². The summed E-state index contributed by atoms with van der Waals surface area (Å²) in [6.45, 7) is 6.26. The summed E-state index contributed by atoms with van der Waals surface area (Å²) in [5.74, 6) is -0.654. The second kappa shape index (κ2) is 8.70. The number of hydrogen-bond donors (Lipinski definition) is 5. The van der Waals surface area contributed by atoms with Gasteiger partial charge in [-0.05, 0) is 26.7 Å². The predicted molar refractivity (Wildman–Crippen MR) is 83.7 cm³/mol. The molecule has 6 atom stereocenters. The Labute approximate surface area is 140 Å². The first-order valence-electron chi connectivity index (χ1n) is 7.66. The van der Waals surface area contributed by atoms with E-state index >= 15 is 0 Å². The minimum atomic E-state index is -1.68. The molecule has 1 aliphatic rings. The summed E-state index contributed by atoms with van der Waals surface area (Å²) < 4.78 is 9.88. The van der Waals surface area contributed by atoms with Crippen molar-refractivity contribution in [2.45, 2.75) is 63.0 Å². The van der Waals surface area contributed by atoms with E-state index in [1.54, 1.807) is 13.0 Å². The van der Waals surface area contributed by atoms with Crippen molar-refractivity contribution >= 4 is 5.97 Å². The molecule has 0 spiro atoms. The van der Waals surface area contributed by atoms with Crippen molar-refractivity contribution in [2.24, 2.45) is 0 Å². The third kappa shape index (κ3) is 5.66. The standard InChI is InChI=1S/C16H26O8/c1-4-16(3,22)7-5-6-9(2)14(20)23-8-10-11(17)12(18)13(19)15(21)24-10/h4,6,10-13,15,17-19,21-22H,1,5,7-8H2,2-3H3. The molecule has 0 bridgehead atoms. The minimum absolute atomic E-state index is 0.307. The van der Waals surface area contributed by atoms with Crippen LogP contribution in [-0.2, 0) is 14.3 Å². The molecule has 6 unspecified atom stereocenters. The molecular weight excluding hydrogens is 320 g/mol. The Morgan fingerprint density at radius 1 is 1.25 bits per heavy atom. The average Bonchev–Trinajstić information content (AvgIpc) is 2.54. The van der Waals surface area contributed by atoms with Crippen LogP contribution < -0.4 is 0 Å². The number of carbonyl (C=O) groups is 1. The summed E-state index contributed by atoms with van der Waals surface area (Å²) in [6, 6.07) is 0. The van der Waals surface area contributed by atoms with Gasteiger partial charge in [0.2, 0.25) is 0 Å². The van der Waals surface area contributed by atoms with E-state index in [0.717, 1.165) is 0 Å². The maximum absolute atomic E-state index is 11.9. The van der Waals surface area contributed by atoms with Crippen molar-refractivity contribution in [1.82, 2.24) is 0 Å². The number of hydrogen-bond acceptors (Lipinski definition) is 8. The van der Waals surface area contributed by atoms with E-state index in [2.05, 4.69) is 6.58 Å². The molecule has 1 fully saturated rings. The van der Waals surface area contributed by atoms with E-state index in [1.165, 1.54) is 13.0 Å². The van der Waals surface area contributed by atoms with Crippen LogP contribution >= 0.6 is 0 Å². The van der Waals surface area contributed by atoms with Crippen LogP contribution in [0.15, 0.2) is 24.3 Å². The molecule has 5 N–H and O–H groups in total. The quantitative estimate of drug-likeness (QED) is 0.225. The zero-order chi connectivity index (χ0) is 18.5. The Morgan fingerprint density at radius 2 is 1.88 bits per heavy atom. The molecule has 8 nitrogen and oxygen atoms in total. The van der Waals surface area contributed by atoms with Crippen LogP contribution in [0.3, 0.4) is 0 Å². The smallest absolute Gasteiger partial charge is 0.333 e. The van der Waals surface area contributed by atoms with Gasteiger partial charge in [-0.15, -0.1) is 6.58 Å². The van der Waals surface area contributed by atoms with Gasteiger partial charge in [-0.3, -0.25) is 0 Å². The lowest BCUT2D eigenvalue weighted by Crippen LogP contribution is -2.58. The summed E-state index contributed by atoms with van der Waals surface area (Å²) in [4.78, 5) is 11.9. The Hall–Kier alpha value is -1.29. The molecule has 0 amide bonds. The van der Waals surface area contributed by atoms with Crippen LogP contribution in [0.4, 0.5) is 0 Å². The lowest BCUT2D eigenvalue weighted by molar-refractivity contribution is -0.287. The van der Waals surface area contributed by atoms with Crippen LogP contribution in [0.2, 0.25) is 0 Å². The normalized spacial score (nSPS) is 33.6. The fourth-order valence-electron chi connectivity index (χ4n) is 2.11. The van der Waals surface area contributed by atoms with Gasteiger partial charge < -0.3 is 35.0 Å². The summed E-state index contributed by atoms with van der Waals surface area (Å²) in [5.41, 5.74) is -0.713. The molecule has 24 heavy (non-hydrogen) atoms. The van der Waals surface area contributed by atoms with Gasteiger partial charge >= 0.3 is 5.97 Å². The number of rotatable bonds is 7. The Kier molecular flexibility index (Phi) is 7.53. The number of esters is 1. The Bertz CT molecular complexity index is 473. The van der Waals surface area contributed by atoms with E-state index < -0.39 is 48.9 Å². The highest BCUT2D eigenvalue weighted by molar-refractivity contribution is 5.87. The number of aliphatic hydroxyl groups excluding tert-OH is 4. The van der Waals surface area contributed by atoms with E-state index in [0.29, 0.717) is 18.4 Å². The van der Waals surface area contributed by atoms with Crippen molar-refractivity contribution in [3.63, 3.8) is 0 Å². The molecule has 1 aliphatic heterocycles. The summed E-state index contributed by atoms with van der Waals surface area (Å²) in [6.07, 6.45) is -3.72. The first kappa shape index (κ1) is 20.8. The highest BCUT2D eigenvalue weighted by atomic mass is 16.6. The van der Waals surface area contributed by atoms with E-state index in [1.807, 2.05) is 0 Å². The van der Waals surface area contributed by atoms with Crippen LogP contribution in [-0.4, -0.2) is 74.4 Å². The van der Waals surface area contributed by atoms with Crippen LogP contribution in [0.25, 0.3) is 0 Å². The molecule has 0 aromatic rings. The molecule has 0 aromatic heterocycles. The number of aliphatic hydroxyl groups is 5. The van der Waals surface area contributed by atoms with Crippen molar-refractivity contribution in [2.75, 3.05) is 6.61 Å². The minimum Gasteiger partial charge on any atom is -0.459 e. The maximum atomic E-state index is 11.9. The predicted octanol–water partition coefficient (Wildman–Crippen LogP) is -1.01. The van der Waals surface area contributed by atoms with Gasteiger partial charge in [-0.1, -0.05) is 12.2 Å². The van der Waals surface area contributed by atoms with Crippen LogP contribution in [0.5, 0.6) is 0 Å². The third-order valence-electron chi connectivity index (χ3n) is 3.93. The first-order valence-corrected chi connectivity index (χ1v) is 7.66. The van der Waals surface area contributed by atoms with Crippen molar-refractivity contribution in [1.29, 1.82) is 0 Å². The first-order chi connectivity index (χ1) is 11.1. The third-order valence-corrected chi connectivity index (χ3v) is 3.93. The summed E-state index contributed by atoms with van der Waals surface area (Å²) in [5, 5.41) is 47.8. The molecule has 1 saturated heterocycles. The molecule has 138 valence electrons. The lowest BCUT2D eigenvalue weighted by Gasteiger charge is -2.37. The van der Waals surface area contributed by atoms with E-state index in [4.69, 9.17) is 9.47 Å². The molecular formula is C16H26O8. The molecule has 0 radical (unpaired) electrons. The maximum Gasteiger partial charge on any atom is 0.333 e. The molecule has 0 saturated carbocycles. The molecule has 0 aromatic carbocycles. The SMILES string of the molecule is C=CC(C)(O)CCC=C(C)C(=O)OCC1OC(O)C(O)C(O)C1O. The van der Waals surface area contributed by atoms with Crippen molar-refractivity contribution in [3.05, 3.63) is 24.3 Å². The zero-order valence-corrected chi connectivity index (χ0v) is 13.8. The van der Waals surface area contributed by atoms with Gasteiger partial charge in [0.1, 0.15) is 31.0 Å². The molecule has 1 heterocycles. The second-order valence-electron chi connectivity index (χ2n) is 6.12. The van der Waals surface area contributed by atoms with Crippen LogP contribution in [0.1, 0.15) is 26.7 Å². The number of allylic oxidation sites excluding steroid dienone is 1. The zero-order valence-electron chi connectivity index (χ0n) is 13.8. The largest absolute Gasteiger partial charge is 0.459 e. The molecule has 0 aliphatic carbocycles. The number of carbonyl (C=O) groups excluding carboxylic acids is 1. The van der Waals surface area contributed by atoms with E-state index in [9.17, 15) is 30.3 Å². The average molecular weight is 346 g/mol. The highest BCUT2D eigenvalue weighted by Crippen LogP contribution is 2.20. The molecule has 8 heteroatoms. The molecule has 1 rings (SSSR count). The summed E-state index contributed by atoms with van der Waals surface area (Å²) >= 11 is 0. The van der Waals surface area contributed by atoms with Gasteiger partial charge in [0.05, 0.1) is 5.60 Å². The van der Waals surface area contributed by atoms with Gasteiger partial charge in [0.15, 0.2) is 6.29 Å². The second-order valence-corrected chi connectivity index (χ2v) is 6.12. The monoisotopic (exact) mass is 346 g/mol. The van der Waals surface area contributed by atoms with Gasteiger partial charge in [-0.25, -0.2) is 4.79 Å². The highest BCUT2D eigenvalue weighted by Gasteiger charge is 2.43. The fraction of sp³-hybridized carbons (Fsp3) is 0.688. The fourth-order valence-corrected chi connectivity index (χ4v) is 2.11. The van der Waals surface area contributed by atoms with Gasteiger partial charge in [-0.2, -0.15) is 0 Å². The summed E-state index contributed by atoms with van der Waals surface area (Å²) in [7, 11) is 0. The van der Waals surface area contributed by atoms with Crippen LogP contribution in [0, 0.1) is 0 Å². The Balaban J connectivity index is 2.48. The van der Waals surface area contributed by atoms with E-state index in [-0.39, 0.29) is 0 Å². The Morgan fingerprint density at radius 3 is 2.46 bits per heavy atom. The topological polar surface area (TPSA) is 137 Å².